The standard InChI is InChI=1S/C18H32O12/c19-17-13-9-7-5-3-1-2-4-6-8-11-15-21-18(20)23-25-27-29-30-28-26-24-22-16-12-10-14-17/h1-16H2. The number of ketones is 1. The van der Waals surface area contributed by atoms with E-state index < -0.39 is 6.16 Å². The summed E-state index contributed by atoms with van der Waals surface area (Å²) < 4.78 is 4.75. The lowest BCUT2D eigenvalue weighted by molar-refractivity contribution is -0.828. The van der Waals surface area contributed by atoms with E-state index >= 15 is 0 Å². The lowest BCUT2D eigenvalue weighted by atomic mass is 10.0. The van der Waals surface area contributed by atoms with E-state index in [-0.39, 0.29) is 19.0 Å². The number of ether oxygens (including phenoxy) is 1. The molecule has 0 N–H and O–H groups in total. The maximum absolute atomic E-state index is 11.8. The first-order valence-corrected chi connectivity index (χ1v) is 10.4. The third-order valence-electron chi connectivity index (χ3n) is 4.32. The molecule has 1 aliphatic heterocycles. The highest BCUT2D eigenvalue weighted by Gasteiger charge is 2.07. The third kappa shape index (κ3) is 18.6. The minimum atomic E-state index is -1.10. The number of Topliss-reactive ketones (excluding diaryl/α,β-unsaturated/α-hetero) is 1. The topological polar surface area (TPSA) is 126 Å². The number of hydrogen-bond acceptors (Lipinski definition) is 12. The van der Waals surface area contributed by atoms with Gasteiger partial charge in [0, 0.05) is 33.0 Å². The van der Waals surface area contributed by atoms with Crippen molar-refractivity contribution in [3.8, 4) is 0 Å². The molecule has 12 heteroatoms. The van der Waals surface area contributed by atoms with Gasteiger partial charge >= 0.3 is 6.16 Å². The molecular formula is C18H32O12. The summed E-state index contributed by atoms with van der Waals surface area (Å²) in [4.78, 5) is 31.6. The molecule has 176 valence electrons. The predicted molar refractivity (Wildman–Crippen MR) is 95.6 cm³/mol. The van der Waals surface area contributed by atoms with Gasteiger partial charge in [-0.15, -0.1) is 0 Å². The van der Waals surface area contributed by atoms with Gasteiger partial charge in [-0.1, -0.05) is 51.4 Å². The van der Waals surface area contributed by atoms with Gasteiger partial charge in [-0.2, -0.15) is 0 Å². The Labute approximate surface area is 175 Å². The van der Waals surface area contributed by atoms with Gasteiger partial charge in [0.05, 0.1) is 13.2 Å². The lowest BCUT2D eigenvalue weighted by Gasteiger charge is -2.05. The van der Waals surface area contributed by atoms with E-state index in [4.69, 9.17) is 4.74 Å². The van der Waals surface area contributed by atoms with E-state index in [0.717, 1.165) is 44.9 Å². The molecule has 1 rings (SSSR count). The first-order valence-electron chi connectivity index (χ1n) is 10.4. The molecule has 0 radical (unpaired) electrons. The van der Waals surface area contributed by atoms with Crippen molar-refractivity contribution in [1.82, 2.24) is 0 Å². The Morgan fingerprint density at radius 2 is 0.933 bits per heavy atom. The van der Waals surface area contributed by atoms with Crippen LogP contribution in [0.15, 0.2) is 0 Å². The van der Waals surface area contributed by atoms with Crippen molar-refractivity contribution >= 4 is 11.9 Å². The van der Waals surface area contributed by atoms with Gasteiger partial charge in [-0.25, -0.2) is 14.6 Å². The van der Waals surface area contributed by atoms with Crippen LogP contribution < -0.4 is 0 Å². The summed E-state index contributed by atoms with van der Waals surface area (Å²) in [5.41, 5.74) is 0. The van der Waals surface area contributed by atoms with E-state index in [0.29, 0.717) is 25.7 Å². The Kier molecular flexibility index (Phi) is 18.5. The van der Waals surface area contributed by atoms with Crippen LogP contribution >= 0.6 is 0 Å². The molecule has 0 aromatic rings. The van der Waals surface area contributed by atoms with Gasteiger partial charge < -0.3 is 4.74 Å². The predicted octanol–water partition coefficient (Wildman–Crippen LogP) is 4.64. The monoisotopic (exact) mass is 440 g/mol. The minimum absolute atomic E-state index is 0.188. The zero-order valence-electron chi connectivity index (χ0n) is 17.2. The van der Waals surface area contributed by atoms with E-state index in [1.807, 2.05) is 0 Å². The molecule has 1 heterocycles. The summed E-state index contributed by atoms with van der Waals surface area (Å²) in [5, 5.41) is 27.3. The second kappa shape index (κ2) is 20.9. The first-order chi connectivity index (χ1) is 14.8. The van der Waals surface area contributed by atoms with Crippen LogP contribution in [-0.4, -0.2) is 25.2 Å². The number of hydrogen-bond donors (Lipinski definition) is 0. The molecule has 0 unspecified atom stereocenters. The Morgan fingerprint density at radius 3 is 1.60 bits per heavy atom. The maximum atomic E-state index is 11.8. The van der Waals surface area contributed by atoms with Crippen LogP contribution in [0.5, 0.6) is 0 Å². The summed E-state index contributed by atoms with van der Waals surface area (Å²) in [5.74, 6) is 0.270. The van der Waals surface area contributed by atoms with Crippen molar-refractivity contribution in [3.05, 3.63) is 0 Å². The van der Waals surface area contributed by atoms with E-state index in [1.165, 1.54) is 19.3 Å². The number of rotatable bonds is 0. The summed E-state index contributed by atoms with van der Waals surface area (Å²) in [7, 11) is 0. The number of cyclic esters (lactones) is 1. The highest BCUT2D eigenvalue weighted by molar-refractivity contribution is 5.78. The van der Waals surface area contributed by atoms with Gasteiger partial charge in [-0.05, 0) is 40.8 Å². The van der Waals surface area contributed by atoms with E-state index in [9.17, 15) is 9.59 Å². The molecule has 0 atom stereocenters. The Morgan fingerprint density at radius 1 is 0.467 bits per heavy atom. The van der Waals surface area contributed by atoms with Crippen LogP contribution in [-0.2, 0) is 54.6 Å². The number of carbonyl (C=O) groups excluding carboxylic acids is 2. The van der Waals surface area contributed by atoms with Gasteiger partial charge in [0.15, 0.2) is 0 Å². The molecule has 0 aromatic carbocycles. The molecule has 0 aromatic heterocycles. The fourth-order valence-electron chi connectivity index (χ4n) is 2.78. The molecule has 1 fully saturated rings. The SMILES string of the molecule is O=C1CCCCCCCCCCCCOC(=O)OOOOOOOOOCCCC1. The molecule has 1 saturated heterocycles. The quantitative estimate of drug-likeness (QED) is 0.384. The van der Waals surface area contributed by atoms with Gasteiger partial charge in [0.25, 0.3) is 0 Å². The van der Waals surface area contributed by atoms with Crippen molar-refractivity contribution in [2.45, 2.75) is 89.9 Å². The van der Waals surface area contributed by atoms with Crippen LogP contribution in [0.4, 0.5) is 4.79 Å². The van der Waals surface area contributed by atoms with E-state index in [1.54, 1.807) is 0 Å². The highest BCUT2D eigenvalue weighted by Crippen LogP contribution is 2.12. The van der Waals surface area contributed by atoms with Crippen molar-refractivity contribution in [3.63, 3.8) is 0 Å². The first kappa shape index (κ1) is 26.7. The average molecular weight is 440 g/mol. The highest BCUT2D eigenvalue weighted by atomic mass is 17.9. The fourth-order valence-corrected chi connectivity index (χ4v) is 2.78. The molecule has 0 aliphatic carbocycles. The van der Waals surface area contributed by atoms with Crippen molar-refractivity contribution < 1.29 is 59.4 Å². The largest absolute Gasteiger partial charge is 0.542 e. The summed E-state index contributed by atoms with van der Waals surface area (Å²) >= 11 is 0. The Hall–Kier alpha value is -1.38. The summed E-state index contributed by atoms with van der Waals surface area (Å²) in [6.45, 7) is 0.389. The van der Waals surface area contributed by atoms with Gasteiger partial charge in [0.1, 0.15) is 5.78 Å². The summed E-state index contributed by atoms with van der Waals surface area (Å²) in [6, 6.07) is 0. The molecular weight excluding hydrogens is 408 g/mol. The zero-order chi connectivity index (χ0) is 21.5. The molecule has 0 spiro atoms. The van der Waals surface area contributed by atoms with Crippen molar-refractivity contribution in [2.75, 3.05) is 13.2 Å². The smallest absolute Gasteiger partial charge is 0.432 e. The minimum Gasteiger partial charge on any atom is -0.432 e. The third-order valence-corrected chi connectivity index (χ3v) is 4.32. The van der Waals surface area contributed by atoms with Gasteiger partial charge in [-0.3, -0.25) is 4.79 Å². The normalized spacial score (nSPS) is 22.8. The Balaban J connectivity index is 2.13. The van der Waals surface area contributed by atoms with Crippen LogP contribution in [0.1, 0.15) is 89.9 Å². The maximum Gasteiger partial charge on any atom is 0.542 e. The van der Waals surface area contributed by atoms with Crippen LogP contribution in [0.3, 0.4) is 0 Å². The van der Waals surface area contributed by atoms with Crippen molar-refractivity contribution in [1.29, 1.82) is 0 Å². The van der Waals surface area contributed by atoms with Crippen LogP contribution in [0.25, 0.3) is 0 Å². The average Bonchev–Trinajstić information content (AvgIpc) is 2.74. The lowest BCUT2D eigenvalue weighted by Crippen LogP contribution is -2.10. The van der Waals surface area contributed by atoms with Gasteiger partial charge in [0.2, 0.25) is 0 Å². The summed E-state index contributed by atoms with van der Waals surface area (Å²) in [6.07, 6.45) is 12.0. The second-order valence-electron chi connectivity index (χ2n) is 6.76. The molecule has 12 nitrogen and oxygen atoms in total. The second-order valence-corrected chi connectivity index (χ2v) is 6.76. The number of carbonyl (C=O) groups is 2. The van der Waals surface area contributed by atoms with Crippen LogP contribution in [0.2, 0.25) is 0 Å². The Bertz CT molecular complexity index is 350. The van der Waals surface area contributed by atoms with Crippen molar-refractivity contribution in [2.24, 2.45) is 0 Å². The van der Waals surface area contributed by atoms with E-state index in [2.05, 4.69) is 45.0 Å². The molecule has 30 heavy (non-hydrogen) atoms. The molecule has 0 amide bonds. The zero-order valence-corrected chi connectivity index (χ0v) is 17.2. The molecule has 1 aliphatic rings. The molecule has 0 saturated carbocycles. The fraction of sp³-hybridized carbons (Fsp3) is 0.889. The van der Waals surface area contributed by atoms with Crippen LogP contribution in [0, 0.1) is 0 Å². The molecule has 0 bridgehead atoms.